The first-order valence-electron chi connectivity index (χ1n) is 5.88. The minimum absolute atomic E-state index is 0.311. The van der Waals surface area contributed by atoms with Crippen molar-refractivity contribution in [1.82, 2.24) is 0 Å². The van der Waals surface area contributed by atoms with Gasteiger partial charge in [0, 0.05) is 12.2 Å². The topological polar surface area (TPSA) is 32.3 Å². The molecule has 0 aliphatic heterocycles. The molecule has 2 aromatic carbocycles. The van der Waals surface area contributed by atoms with E-state index in [9.17, 15) is 5.11 Å². The first-order valence-corrected chi connectivity index (χ1v) is 5.88. The number of hydrogen-bond donors (Lipinski definition) is 2. The Bertz CT molecular complexity index is 477. The van der Waals surface area contributed by atoms with Gasteiger partial charge < -0.3 is 10.4 Å². The van der Waals surface area contributed by atoms with Crippen LogP contribution in [0.15, 0.2) is 48.5 Å². The number of aromatic hydroxyl groups is 1. The van der Waals surface area contributed by atoms with Gasteiger partial charge in [0.1, 0.15) is 5.75 Å². The van der Waals surface area contributed by atoms with Crippen molar-refractivity contribution in [3.8, 4) is 5.75 Å². The zero-order chi connectivity index (χ0) is 12.1. The summed E-state index contributed by atoms with van der Waals surface area (Å²) >= 11 is 0. The first-order chi connectivity index (χ1) is 8.28. The molecule has 0 heterocycles. The van der Waals surface area contributed by atoms with E-state index in [-0.39, 0.29) is 0 Å². The SMILES string of the molecule is CCc1ccc(NCc2cccc(O)c2)cc1. The first kappa shape index (κ1) is 11.5. The Morgan fingerprint density at radius 2 is 1.76 bits per heavy atom. The van der Waals surface area contributed by atoms with Crippen LogP contribution in [0.2, 0.25) is 0 Å². The molecule has 0 saturated heterocycles. The van der Waals surface area contributed by atoms with Crippen molar-refractivity contribution in [3.63, 3.8) is 0 Å². The predicted molar refractivity (Wildman–Crippen MR) is 71.3 cm³/mol. The highest BCUT2D eigenvalue weighted by molar-refractivity contribution is 5.45. The number of benzene rings is 2. The molecule has 0 spiro atoms. The predicted octanol–water partition coefficient (Wildman–Crippen LogP) is 3.57. The minimum Gasteiger partial charge on any atom is -0.508 e. The zero-order valence-corrected chi connectivity index (χ0v) is 9.98. The molecule has 2 rings (SSSR count). The molecule has 0 saturated carbocycles. The highest BCUT2D eigenvalue weighted by Gasteiger charge is 1.96. The van der Waals surface area contributed by atoms with Crippen molar-refractivity contribution in [3.05, 3.63) is 59.7 Å². The normalized spacial score (nSPS) is 10.2. The molecule has 0 aromatic heterocycles. The monoisotopic (exact) mass is 227 g/mol. The van der Waals surface area contributed by atoms with Crippen LogP contribution in [0.3, 0.4) is 0 Å². The van der Waals surface area contributed by atoms with Crippen LogP contribution in [0.4, 0.5) is 5.69 Å². The van der Waals surface area contributed by atoms with Crippen LogP contribution in [0.5, 0.6) is 5.75 Å². The summed E-state index contributed by atoms with van der Waals surface area (Å²) in [6, 6.07) is 15.7. The summed E-state index contributed by atoms with van der Waals surface area (Å²) < 4.78 is 0. The van der Waals surface area contributed by atoms with Gasteiger partial charge in [-0.2, -0.15) is 0 Å². The molecule has 17 heavy (non-hydrogen) atoms. The van der Waals surface area contributed by atoms with Crippen molar-refractivity contribution >= 4 is 5.69 Å². The average Bonchev–Trinajstić information content (AvgIpc) is 2.37. The van der Waals surface area contributed by atoms with E-state index in [2.05, 4.69) is 36.5 Å². The van der Waals surface area contributed by atoms with Crippen molar-refractivity contribution in [2.24, 2.45) is 0 Å². The highest BCUT2D eigenvalue weighted by Crippen LogP contribution is 2.14. The molecule has 0 radical (unpaired) electrons. The molecule has 88 valence electrons. The smallest absolute Gasteiger partial charge is 0.115 e. The van der Waals surface area contributed by atoms with Crippen LogP contribution in [0, 0.1) is 0 Å². The van der Waals surface area contributed by atoms with Gasteiger partial charge in [-0.05, 0) is 41.8 Å². The highest BCUT2D eigenvalue weighted by atomic mass is 16.3. The molecule has 0 atom stereocenters. The molecular weight excluding hydrogens is 210 g/mol. The van der Waals surface area contributed by atoms with Gasteiger partial charge in [-0.3, -0.25) is 0 Å². The largest absolute Gasteiger partial charge is 0.508 e. The maximum atomic E-state index is 9.35. The summed E-state index contributed by atoms with van der Waals surface area (Å²) in [6.45, 7) is 2.87. The number of nitrogens with one attached hydrogen (secondary N) is 1. The van der Waals surface area contributed by atoms with Crippen molar-refractivity contribution in [1.29, 1.82) is 0 Å². The third-order valence-electron chi connectivity index (χ3n) is 2.77. The standard InChI is InChI=1S/C15H17NO/c1-2-12-6-8-14(9-7-12)16-11-13-4-3-5-15(17)10-13/h3-10,16-17H,2,11H2,1H3. The summed E-state index contributed by atoms with van der Waals surface area (Å²) in [5.41, 5.74) is 3.52. The lowest BCUT2D eigenvalue weighted by Crippen LogP contribution is -1.99. The molecule has 0 fully saturated rings. The number of hydrogen-bond acceptors (Lipinski definition) is 2. The van der Waals surface area contributed by atoms with Crippen LogP contribution in [-0.2, 0) is 13.0 Å². The van der Waals surface area contributed by atoms with Crippen LogP contribution in [0.25, 0.3) is 0 Å². The molecule has 2 heteroatoms. The second-order valence-electron chi connectivity index (χ2n) is 4.07. The molecule has 0 amide bonds. The lowest BCUT2D eigenvalue weighted by molar-refractivity contribution is 0.474. The zero-order valence-electron chi connectivity index (χ0n) is 9.98. The van der Waals surface area contributed by atoms with Crippen molar-refractivity contribution in [2.75, 3.05) is 5.32 Å². The molecule has 0 aliphatic carbocycles. The van der Waals surface area contributed by atoms with Crippen LogP contribution in [-0.4, -0.2) is 5.11 Å². The summed E-state index contributed by atoms with van der Waals surface area (Å²) in [4.78, 5) is 0. The number of aryl methyl sites for hydroxylation is 1. The number of phenolic OH excluding ortho intramolecular Hbond substituents is 1. The molecular formula is C15H17NO. The van der Waals surface area contributed by atoms with E-state index in [1.54, 1.807) is 12.1 Å². The number of phenols is 1. The number of anilines is 1. The van der Waals surface area contributed by atoms with Gasteiger partial charge >= 0.3 is 0 Å². The lowest BCUT2D eigenvalue weighted by atomic mass is 10.1. The van der Waals surface area contributed by atoms with Gasteiger partial charge in [-0.1, -0.05) is 31.2 Å². The Kier molecular flexibility index (Phi) is 3.66. The Balaban J connectivity index is 1.97. The van der Waals surface area contributed by atoms with Gasteiger partial charge in [-0.25, -0.2) is 0 Å². The lowest BCUT2D eigenvalue weighted by Gasteiger charge is -2.07. The second-order valence-corrected chi connectivity index (χ2v) is 4.07. The van der Waals surface area contributed by atoms with Crippen molar-refractivity contribution < 1.29 is 5.11 Å². The van der Waals surface area contributed by atoms with Gasteiger partial charge in [-0.15, -0.1) is 0 Å². The van der Waals surface area contributed by atoms with Crippen LogP contribution < -0.4 is 5.32 Å². The maximum absolute atomic E-state index is 9.35. The molecule has 0 aliphatic rings. The van der Waals surface area contributed by atoms with E-state index in [1.165, 1.54) is 5.56 Å². The Hall–Kier alpha value is -1.96. The molecule has 0 bridgehead atoms. The fourth-order valence-corrected chi connectivity index (χ4v) is 1.73. The van der Waals surface area contributed by atoms with E-state index in [0.717, 1.165) is 24.2 Å². The summed E-state index contributed by atoms with van der Waals surface area (Å²) in [5, 5.41) is 12.7. The fraction of sp³-hybridized carbons (Fsp3) is 0.200. The summed E-state index contributed by atoms with van der Waals surface area (Å²) in [7, 11) is 0. The molecule has 2 aromatic rings. The Morgan fingerprint density at radius 1 is 1.00 bits per heavy atom. The van der Waals surface area contributed by atoms with Crippen molar-refractivity contribution in [2.45, 2.75) is 19.9 Å². The van der Waals surface area contributed by atoms with Crippen LogP contribution in [0.1, 0.15) is 18.1 Å². The van der Waals surface area contributed by atoms with E-state index in [4.69, 9.17) is 0 Å². The summed E-state index contributed by atoms with van der Waals surface area (Å²) in [5.74, 6) is 0.311. The average molecular weight is 227 g/mol. The molecule has 2 N–H and O–H groups in total. The molecule has 0 unspecified atom stereocenters. The Labute approximate surface area is 102 Å². The van der Waals surface area contributed by atoms with E-state index in [0.29, 0.717) is 5.75 Å². The Morgan fingerprint density at radius 3 is 2.41 bits per heavy atom. The van der Waals surface area contributed by atoms with E-state index >= 15 is 0 Å². The molecule has 2 nitrogen and oxygen atoms in total. The van der Waals surface area contributed by atoms with Crippen LogP contribution >= 0.6 is 0 Å². The summed E-state index contributed by atoms with van der Waals surface area (Å²) in [6.07, 6.45) is 1.06. The van der Waals surface area contributed by atoms with E-state index in [1.807, 2.05) is 12.1 Å². The quantitative estimate of drug-likeness (QED) is 0.837. The van der Waals surface area contributed by atoms with Gasteiger partial charge in [0.25, 0.3) is 0 Å². The maximum Gasteiger partial charge on any atom is 0.115 e. The van der Waals surface area contributed by atoms with Gasteiger partial charge in [0.15, 0.2) is 0 Å². The van der Waals surface area contributed by atoms with E-state index < -0.39 is 0 Å². The number of rotatable bonds is 4. The van der Waals surface area contributed by atoms with Gasteiger partial charge in [0.05, 0.1) is 0 Å². The third-order valence-corrected chi connectivity index (χ3v) is 2.77. The fourth-order valence-electron chi connectivity index (χ4n) is 1.73. The minimum atomic E-state index is 0.311. The van der Waals surface area contributed by atoms with Gasteiger partial charge in [0.2, 0.25) is 0 Å². The second kappa shape index (κ2) is 5.39. The third kappa shape index (κ3) is 3.25.